The highest BCUT2D eigenvalue weighted by molar-refractivity contribution is 14.0. The standard InChI is InChI=1S/C20H37N7O2S.HI/c1-6-29-20(28)26-12-9-16(10-13-26)23-18(21-4)22-11-7-8-17-24-25-19(30-5)27(17)14-15(2)3;/h15-16H,6-14H2,1-5H3,(H2,21,22,23);1H. The summed E-state index contributed by atoms with van der Waals surface area (Å²) in [4.78, 5) is 17.9. The molecule has 2 rings (SSSR count). The first kappa shape index (κ1) is 27.8. The van der Waals surface area contributed by atoms with Gasteiger partial charge in [-0.15, -0.1) is 34.2 Å². The van der Waals surface area contributed by atoms with Gasteiger partial charge in [0.25, 0.3) is 0 Å². The number of piperidine rings is 1. The Kier molecular flexibility index (Phi) is 13.2. The summed E-state index contributed by atoms with van der Waals surface area (Å²) in [6.45, 7) is 9.83. The number of aromatic nitrogens is 3. The Labute approximate surface area is 207 Å². The van der Waals surface area contributed by atoms with Gasteiger partial charge < -0.3 is 24.8 Å². The first-order valence-electron chi connectivity index (χ1n) is 10.8. The Hall–Kier alpha value is -1.24. The lowest BCUT2D eigenvalue weighted by Gasteiger charge is -2.32. The van der Waals surface area contributed by atoms with Crippen molar-refractivity contribution in [2.24, 2.45) is 10.9 Å². The lowest BCUT2D eigenvalue weighted by atomic mass is 10.1. The van der Waals surface area contributed by atoms with Crippen molar-refractivity contribution in [1.82, 2.24) is 30.3 Å². The van der Waals surface area contributed by atoms with Crippen molar-refractivity contribution in [3.63, 3.8) is 0 Å². The van der Waals surface area contributed by atoms with E-state index in [2.05, 4.69) is 44.2 Å². The van der Waals surface area contributed by atoms with Gasteiger partial charge in [0.2, 0.25) is 0 Å². The zero-order chi connectivity index (χ0) is 21.9. The van der Waals surface area contributed by atoms with E-state index in [1.807, 2.05) is 13.2 Å². The molecule has 0 aromatic carbocycles. The number of halogens is 1. The number of likely N-dealkylation sites (tertiary alicyclic amines) is 1. The molecule has 31 heavy (non-hydrogen) atoms. The summed E-state index contributed by atoms with van der Waals surface area (Å²) in [6, 6.07) is 0.306. The largest absolute Gasteiger partial charge is 0.450 e. The number of amides is 1. The fourth-order valence-corrected chi connectivity index (χ4v) is 3.99. The van der Waals surface area contributed by atoms with Crippen molar-refractivity contribution in [2.75, 3.05) is 39.5 Å². The molecule has 1 aliphatic heterocycles. The molecule has 1 saturated heterocycles. The molecule has 0 unspecified atom stereocenters. The molecule has 0 saturated carbocycles. The van der Waals surface area contributed by atoms with Crippen LogP contribution in [-0.4, -0.2) is 77.3 Å². The van der Waals surface area contributed by atoms with Gasteiger partial charge in [0.15, 0.2) is 11.1 Å². The normalized spacial score (nSPS) is 15.0. The number of rotatable bonds is 9. The Morgan fingerprint density at radius 1 is 1.32 bits per heavy atom. The van der Waals surface area contributed by atoms with Crippen molar-refractivity contribution in [3.05, 3.63) is 5.82 Å². The maximum absolute atomic E-state index is 11.8. The molecular formula is C20H38IN7O2S. The van der Waals surface area contributed by atoms with E-state index in [-0.39, 0.29) is 30.1 Å². The van der Waals surface area contributed by atoms with E-state index in [1.54, 1.807) is 23.7 Å². The quantitative estimate of drug-likeness (QED) is 0.156. The Morgan fingerprint density at radius 2 is 2.03 bits per heavy atom. The van der Waals surface area contributed by atoms with Gasteiger partial charge in [0, 0.05) is 45.7 Å². The molecule has 9 nitrogen and oxygen atoms in total. The van der Waals surface area contributed by atoms with E-state index in [1.165, 1.54) is 0 Å². The molecule has 1 aromatic rings. The van der Waals surface area contributed by atoms with E-state index in [0.29, 0.717) is 31.7 Å². The number of thioether (sulfide) groups is 1. The number of aliphatic imine (C=N–C) groups is 1. The lowest BCUT2D eigenvalue weighted by molar-refractivity contribution is 0.0963. The minimum atomic E-state index is -0.214. The van der Waals surface area contributed by atoms with Crippen LogP contribution in [-0.2, 0) is 17.7 Å². The fourth-order valence-electron chi connectivity index (χ4n) is 3.47. The summed E-state index contributed by atoms with van der Waals surface area (Å²) in [6.07, 6.45) is 5.42. The van der Waals surface area contributed by atoms with Gasteiger partial charge in [0.05, 0.1) is 6.61 Å². The van der Waals surface area contributed by atoms with Crippen molar-refractivity contribution >= 4 is 47.8 Å². The zero-order valence-electron chi connectivity index (χ0n) is 19.4. The summed E-state index contributed by atoms with van der Waals surface area (Å²) in [5.74, 6) is 2.41. The molecule has 1 amide bonds. The number of hydrogen-bond donors (Lipinski definition) is 2. The molecule has 11 heteroatoms. The van der Waals surface area contributed by atoms with Crippen LogP contribution in [0.25, 0.3) is 0 Å². The molecular weight excluding hydrogens is 529 g/mol. The monoisotopic (exact) mass is 567 g/mol. The molecule has 0 aliphatic carbocycles. The predicted octanol–water partition coefficient (Wildman–Crippen LogP) is 2.99. The van der Waals surface area contributed by atoms with Crippen molar-refractivity contribution in [1.29, 1.82) is 0 Å². The van der Waals surface area contributed by atoms with Crippen LogP contribution in [0.2, 0.25) is 0 Å². The van der Waals surface area contributed by atoms with Crippen LogP contribution < -0.4 is 10.6 Å². The Morgan fingerprint density at radius 3 is 2.61 bits per heavy atom. The highest BCUT2D eigenvalue weighted by Crippen LogP contribution is 2.16. The topological polar surface area (TPSA) is 96.7 Å². The molecule has 0 radical (unpaired) electrons. The van der Waals surface area contributed by atoms with E-state index in [9.17, 15) is 4.79 Å². The van der Waals surface area contributed by atoms with Gasteiger partial charge in [-0.3, -0.25) is 4.99 Å². The van der Waals surface area contributed by atoms with Crippen LogP contribution in [0.1, 0.15) is 45.9 Å². The zero-order valence-corrected chi connectivity index (χ0v) is 22.5. The third-order valence-electron chi connectivity index (χ3n) is 4.98. The first-order chi connectivity index (χ1) is 14.5. The number of hydrogen-bond acceptors (Lipinski definition) is 6. The van der Waals surface area contributed by atoms with E-state index >= 15 is 0 Å². The summed E-state index contributed by atoms with van der Waals surface area (Å²) in [7, 11) is 1.78. The van der Waals surface area contributed by atoms with Gasteiger partial charge in [-0.25, -0.2) is 4.79 Å². The second kappa shape index (κ2) is 14.8. The molecule has 0 atom stereocenters. The number of carbonyl (C=O) groups excluding carboxylic acids is 1. The van der Waals surface area contributed by atoms with E-state index < -0.39 is 0 Å². The summed E-state index contributed by atoms with van der Waals surface area (Å²) < 4.78 is 7.31. The van der Waals surface area contributed by atoms with Gasteiger partial charge in [0.1, 0.15) is 5.82 Å². The van der Waals surface area contributed by atoms with Crippen LogP contribution >= 0.6 is 35.7 Å². The van der Waals surface area contributed by atoms with Crippen LogP contribution in [0.5, 0.6) is 0 Å². The summed E-state index contributed by atoms with van der Waals surface area (Å²) >= 11 is 1.64. The summed E-state index contributed by atoms with van der Waals surface area (Å²) in [5, 5.41) is 16.5. The van der Waals surface area contributed by atoms with Gasteiger partial charge in [-0.05, 0) is 38.4 Å². The molecule has 1 aromatic heterocycles. The van der Waals surface area contributed by atoms with E-state index in [4.69, 9.17) is 4.74 Å². The Balaban J connectivity index is 0.00000480. The number of aryl methyl sites for hydroxylation is 1. The van der Waals surface area contributed by atoms with E-state index in [0.717, 1.165) is 55.7 Å². The molecule has 2 N–H and O–H groups in total. The molecule has 1 aliphatic rings. The number of guanidine groups is 1. The van der Waals surface area contributed by atoms with Gasteiger partial charge in [-0.2, -0.15) is 0 Å². The third kappa shape index (κ3) is 9.03. The van der Waals surface area contributed by atoms with Crippen LogP contribution in [0.15, 0.2) is 10.1 Å². The number of ether oxygens (including phenoxy) is 1. The average Bonchev–Trinajstić information content (AvgIpc) is 3.11. The second-order valence-electron chi connectivity index (χ2n) is 7.81. The highest BCUT2D eigenvalue weighted by atomic mass is 127. The van der Waals surface area contributed by atoms with Crippen LogP contribution in [0, 0.1) is 5.92 Å². The van der Waals surface area contributed by atoms with Crippen LogP contribution in [0.3, 0.4) is 0 Å². The second-order valence-corrected chi connectivity index (χ2v) is 8.59. The number of nitrogens with zero attached hydrogens (tertiary/aromatic N) is 5. The van der Waals surface area contributed by atoms with Crippen molar-refractivity contribution in [3.8, 4) is 0 Å². The van der Waals surface area contributed by atoms with Crippen molar-refractivity contribution < 1.29 is 9.53 Å². The molecule has 178 valence electrons. The van der Waals surface area contributed by atoms with Crippen LogP contribution in [0.4, 0.5) is 4.79 Å². The smallest absolute Gasteiger partial charge is 0.409 e. The van der Waals surface area contributed by atoms with Gasteiger partial charge >= 0.3 is 6.09 Å². The SMILES string of the molecule is CCOC(=O)N1CCC(NC(=NC)NCCCc2nnc(SC)n2CC(C)C)CC1.I. The number of carbonyl (C=O) groups is 1. The minimum absolute atomic E-state index is 0. The first-order valence-corrected chi connectivity index (χ1v) is 12.1. The maximum Gasteiger partial charge on any atom is 0.409 e. The molecule has 2 heterocycles. The van der Waals surface area contributed by atoms with Gasteiger partial charge in [-0.1, -0.05) is 25.6 Å². The lowest BCUT2D eigenvalue weighted by Crippen LogP contribution is -2.50. The molecule has 0 spiro atoms. The highest BCUT2D eigenvalue weighted by Gasteiger charge is 2.24. The minimum Gasteiger partial charge on any atom is -0.450 e. The molecule has 1 fully saturated rings. The maximum atomic E-state index is 11.8. The molecule has 0 bridgehead atoms. The Bertz CT molecular complexity index is 691. The number of nitrogens with one attached hydrogen (secondary N) is 2. The third-order valence-corrected chi connectivity index (χ3v) is 5.65. The predicted molar refractivity (Wildman–Crippen MR) is 136 cm³/mol. The fraction of sp³-hybridized carbons (Fsp3) is 0.800. The summed E-state index contributed by atoms with van der Waals surface area (Å²) in [5.41, 5.74) is 0. The van der Waals surface area contributed by atoms with Crippen molar-refractivity contribution in [2.45, 2.75) is 64.2 Å². The average molecular weight is 568 g/mol.